The molecule has 6 N–H and O–H groups in total. The van der Waals surface area contributed by atoms with Gasteiger partial charge in [-0.05, 0) is 24.2 Å². The van der Waals surface area contributed by atoms with Crippen LogP contribution in [0.25, 0.3) is 0 Å². The van der Waals surface area contributed by atoms with E-state index in [9.17, 15) is 19.2 Å². The molecular weight excluding hydrogens is 408 g/mol. The van der Waals surface area contributed by atoms with Gasteiger partial charge in [0.2, 0.25) is 17.7 Å². The van der Waals surface area contributed by atoms with Gasteiger partial charge in [-0.1, -0.05) is 48.0 Å². The van der Waals surface area contributed by atoms with E-state index < -0.39 is 47.9 Å². The van der Waals surface area contributed by atoms with Gasteiger partial charge < -0.3 is 26.8 Å². The number of nitrogens with one attached hydrogen (secondary N) is 3. The minimum Gasteiger partial charge on any atom is -0.480 e. The van der Waals surface area contributed by atoms with Crippen LogP contribution in [0.4, 0.5) is 0 Å². The second-order valence-electron chi connectivity index (χ2n) is 8.41. The molecular formula is C20H38N4O5S. The molecule has 0 aromatic carbocycles. The first-order valence-electron chi connectivity index (χ1n) is 10.4. The first kappa shape index (κ1) is 28.2. The number of carbonyl (C=O) groups excluding carboxylic acids is 3. The monoisotopic (exact) mass is 446 g/mol. The van der Waals surface area contributed by atoms with Crippen LogP contribution in [0.2, 0.25) is 0 Å². The standard InChI is InChI=1S/C20H38N4O5S/c1-7-12(6)16(24-18(26)15(21)11(4)5)19(27)22-13(8-10(2)3)17(25)23-14(9-30)20(28)29/h10-16,30H,7-9,21H2,1-6H3,(H,22,27)(H,23,25)(H,24,26)(H,28,29). The van der Waals surface area contributed by atoms with Crippen LogP contribution < -0.4 is 21.7 Å². The number of carboxylic acids is 1. The molecule has 0 saturated heterocycles. The third-order valence-electron chi connectivity index (χ3n) is 4.95. The molecule has 0 aromatic heterocycles. The van der Waals surface area contributed by atoms with Crippen molar-refractivity contribution in [2.24, 2.45) is 23.5 Å². The molecule has 0 heterocycles. The Morgan fingerprint density at radius 3 is 1.83 bits per heavy atom. The molecule has 3 amide bonds. The lowest BCUT2D eigenvalue weighted by Crippen LogP contribution is -2.59. The zero-order valence-corrected chi connectivity index (χ0v) is 19.7. The molecule has 0 radical (unpaired) electrons. The maximum atomic E-state index is 13.0. The van der Waals surface area contributed by atoms with Crippen LogP contribution in [0.15, 0.2) is 0 Å². The number of aliphatic carboxylic acids is 1. The van der Waals surface area contributed by atoms with Gasteiger partial charge in [-0.2, -0.15) is 12.6 Å². The summed E-state index contributed by atoms with van der Waals surface area (Å²) < 4.78 is 0. The van der Waals surface area contributed by atoms with Crippen molar-refractivity contribution in [2.75, 3.05) is 5.75 Å². The summed E-state index contributed by atoms with van der Waals surface area (Å²) in [6, 6.07) is -3.73. The summed E-state index contributed by atoms with van der Waals surface area (Å²) >= 11 is 3.94. The Balaban J connectivity index is 5.49. The van der Waals surface area contributed by atoms with Crippen molar-refractivity contribution in [3.05, 3.63) is 0 Å². The van der Waals surface area contributed by atoms with Gasteiger partial charge in [0.05, 0.1) is 6.04 Å². The van der Waals surface area contributed by atoms with Gasteiger partial charge in [0, 0.05) is 5.75 Å². The SMILES string of the molecule is CCC(C)C(NC(=O)C(N)C(C)C)C(=O)NC(CC(C)C)C(=O)NC(CS)C(=O)O. The van der Waals surface area contributed by atoms with Crippen molar-refractivity contribution in [3.63, 3.8) is 0 Å². The van der Waals surface area contributed by atoms with E-state index in [1.165, 1.54) is 0 Å². The fourth-order valence-corrected chi connectivity index (χ4v) is 2.92. The number of nitrogens with two attached hydrogens (primary N) is 1. The van der Waals surface area contributed by atoms with Crippen LogP contribution in [0.1, 0.15) is 54.4 Å². The Morgan fingerprint density at radius 1 is 0.900 bits per heavy atom. The average molecular weight is 447 g/mol. The van der Waals surface area contributed by atoms with Crippen LogP contribution in [0.5, 0.6) is 0 Å². The quantitative estimate of drug-likeness (QED) is 0.227. The van der Waals surface area contributed by atoms with Gasteiger partial charge in [0.25, 0.3) is 0 Å². The Kier molecular flexibility index (Phi) is 12.7. The van der Waals surface area contributed by atoms with Crippen LogP contribution in [-0.2, 0) is 19.2 Å². The molecule has 30 heavy (non-hydrogen) atoms. The first-order chi connectivity index (χ1) is 13.8. The number of hydrogen-bond acceptors (Lipinski definition) is 6. The lowest BCUT2D eigenvalue weighted by atomic mass is 9.95. The fourth-order valence-electron chi connectivity index (χ4n) is 2.68. The van der Waals surface area contributed by atoms with Crippen molar-refractivity contribution < 1.29 is 24.3 Å². The number of carbonyl (C=O) groups is 4. The van der Waals surface area contributed by atoms with Gasteiger partial charge in [0.15, 0.2) is 0 Å². The topological polar surface area (TPSA) is 151 Å². The molecule has 0 bridgehead atoms. The summed E-state index contributed by atoms with van der Waals surface area (Å²) in [6.07, 6.45) is 0.931. The van der Waals surface area contributed by atoms with Crippen LogP contribution >= 0.6 is 12.6 Å². The number of amides is 3. The summed E-state index contributed by atoms with van der Waals surface area (Å²) in [6.45, 7) is 11.1. The Labute approximate surface area is 184 Å². The van der Waals surface area contributed by atoms with E-state index in [1.54, 1.807) is 0 Å². The van der Waals surface area contributed by atoms with Crippen molar-refractivity contribution >= 4 is 36.3 Å². The third-order valence-corrected chi connectivity index (χ3v) is 5.32. The molecule has 0 rings (SSSR count). The molecule has 0 fully saturated rings. The number of rotatable bonds is 13. The molecule has 0 spiro atoms. The number of hydrogen-bond donors (Lipinski definition) is 6. The van der Waals surface area contributed by atoms with Gasteiger partial charge in [-0.3, -0.25) is 14.4 Å². The van der Waals surface area contributed by atoms with E-state index in [0.717, 1.165) is 0 Å². The largest absolute Gasteiger partial charge is 0.480 e. The minimum absolute atomic E-state index is 0.0614. The smallest absolute Gasteiger partial charge is 0.327 e. The Hall–Kier alpha value is -1.81. The van der Waals surface area contributed by atoms with Gasteiger partial charge in [-0.25, -0.2) is 4.79 Å². The lowest BCUT2D eigenvalue weighted by molar-refractivity contribution is -0.141. The van der Waals surface area contributed by atoms with Crippen molar-refractivity contribution in [2.45, 2.75) is 78.6 Å². The zero-order chi connectivity index (χ0) is 23.6. The van der Waals surface area contributed by atoms with E-state index in [4.69, 9.17) is 10.8 Å². The second-order valence-corrected chi connectivity index (χ2v) is 8.78. The number of thiol groups is 1. The summed E-state index contributed by atoms with van der Waals surface area (Å²) in [5, 5.41) is 16.9. The molecule has 5 atom stereocenters. The molecule has 0 aliphatic rings. The highest BCUT2D eigenvalue weighted by Gasteiger charge is 2.32. The highest BCUT2D eigenvalue weighted by molar-refractivity contribution is 7.80. The predicted molar refractivity (Wildman–Crippen MR) is 119 cm³/mol. The van der Waals surface area contributed by atoms with E-state index in [1.807, 2.05) is 41.5 Å². The normalized spacial score (nSPS) is 16.3. The maximum absolute atomic E-state index is 13.0. The van der Waals surface area contributed by atoms with E-state index in [0.29, 0.717) is 12.8 Å². The van der Waals surface area contributed by atoms with Gasteiger partial charge >= 0.3 is 5.97 Å². The summed E-state index contributed by atoms with van der Waals surface area (Å²) in [5.41, 5.74) is 5.89. The molecule has 0 aromatic rings. The fraction of sp³-hybridized carbons (Fsp3) is 0.800. The highest BCUT2D eigenvalue weighted by Crippen LogP contribution is 2.12. The van der Waals surface area contributed by atoms with E-state index in [2.05, 4.69) is 28.6 Å². The van der Waals surface area contributed by atoms with E-state index >= 15 is 0 Å². The molecule has 174 valence electrons. The van der Waals surface area contributed by atoms with Crippen molar-refractivity contribution in [1.82, 2.24) is 16.0 Å². The molecule has 0 saturated carbocycles. The summed E-state index contributed by atoms with van der Waals surface area (Å²) in [4.78, 5) is 49.2. The summed E-state index contributed by atoms with van der Waals surface area (Å²) in [7, 11) is 0. The van der Waals surface area contributed by atoms with Gasteiger partial charge in [-0.15, -0.1) is 0 Å². The zero-order valence-electron chi connectivity index (χ0n) is 18.8. The molecule has 0 aliphatic carbocycles. The molecule has 9 nitrogen and oxygen atoms in total. The molecule has 0 aliphatic heterocycles. The maximum Gasteiger partial charge on any atom is 0.327 e. The van der Waals surface area contributed by atoms with Gasteiger partial charge in [0.1, 0.15) is 18.1 Å². The number of carboxylic acid groups (broad SMARTS) is 1. The molecule has 10 heteroatoms. The second kappa shape index (κ2) is 13.5. The first-order valence-corrected chi connectivity index (χ1v) is 11.0. The van der Waals surface area contributed by atoms with E-state index in [-0.39, 0.29) is 23.5 Å². The average Bonchev–Trinajstić information content (AvgIpc) is 2.66. The lowest BCUT2D eigenvalue weighted by Gasteiger charge is -2.29. The van der Waals surface area contributed by atoms with Crippen molar-refractivity contribution in [1.29, 1.82) is 0 Å². The highest BCUT2D eigenvalue weighted by atomic mass is 32.1. The van der Waals surface area contributed by atoms with Crippen LogP contribution in [0, 0.1) is 17.8 Å². The Bertz CT molecular complexity index is 600. The van der Waals surface area contributed by atoms with Crippen molar-refractivity contribution in [3.8, 4) is 0 Å². The third kappa shape index (κ3) is 9.34. The summed E-state index contributed by atoms with van der Waals surface area (Å²) in [5.74, 6) is -3.07. The Morgan fingerprint density at radius 2 is 1.43 bits per heavy atom. The van der Waals surface area contributed by atoms with Crippen LogP contribution in [0.3, 0.4) is 0 Å². The predicted octanol–water partition coefficient (Wildman–Crippen LogP) is 0.531. The van der Waals surface area contributed by atoms with Crippen LogP contribution in [-0.4, -0.2) is 58.7 Å². The minimum atomic E-state index is -1.21. The molecule has 5 unspecified atom stereocenters.